The fraction of sp³-hybridized carbons (Fsp3) is 0.444. The lowest BCUT2D eigenvalue weighted by atomic mass is 10.2. The molecule has 1 aliphatic carbocycles. The van der Waals surface area contributed by atoms with Gasteiger partial charge in [-0.15, -0.1) is 5.10 Å². The van der Waals surface area contributed by atoms with Crippen LogP contribution in [0.1, 0.15) is 41.7 Å². The van der Waals surface area contributed by atoms with Gasteiger partial charge in [-0.1, -0.05) is 5.21 Å². The van der Waals surface area contributed by atoms with E-state index in [1.165, 1.54) is 23.7 Å². The molecule has 1 aliphatic rings. The van der Waals surface area contributed by atoms with Crippen LogP contribution in [0.3, 0.4) is 0 Å². The van der Waals surface area contributed by atoms with Gasteiger partial charge in [-0.25, -0.2) is 4.68 Å². The third kappa shape index (κ3) is 4.96. The number of amides is 1. The van der Waals surface area contributed by atoms with Crippen molar-refractivity contribution in [3.63, 3.8) is 0 Å². The predicted octanol–water partition coefficient (Wildman–Crippen LogP) is 1.62. The molecule has 0 saturated heterocycles. The van der Waals surface area contributed by atoms with E-state index in [-0.39, 0.29) is 25.1 Å². The standard InChI is InChI=1S/C18H22N4O5/c1-26-16-8-12(6-7-15(16)27-14-4-2-3-5-14)18(25)19-9-13-10-22(21-20-13)11-17(23)24/h6-8,10,14H,2-5,9,11H2,1H3,(H,19,25)(H,23,24). The van der Waals surface area contributed by atoms with Crippen molar-refractivity contribution in [3.8, 4) is 11.5 Å². The molecule has 0 bridgehead atoms. The maximum atomic E-state index is 12.4. The smallest absolute Gasteiger partial charge is 0.325 e. The topological polar surface area (TPSA) is 116 Å². The lowest BCUT2D eigenvalue weighted by molar-refractivity contribution is -0.137. The summed E-state index contributed by atoms with van der Waals surface area (Å²) >= 11 is 0. The number of carbonyl (C=O) groups is 2. The number of nitrogens with zero attached hydrogens (tertiary/aromatic N) is 3. The van der Waals surface area contributed by atoms with Crippen molar-refractivity contribution in [1.29, 1.82) is 0 Å². The van der Waals surface area contributed by atoms with E-state index in [0.29, 0.717) is 22.8 Å². The highest BCUT2D eigenvalue weighted by Gasteiger charge is 2.19. The number of aromatic nitrogens is 3. The monoisotopic (exact) mass is 374 g/mol. The van der Waals surface area contributed by atoms with Gasteiger partial charge >= 0.3 is 5.97 Å². The average molecular weight is 374 g/mol. The van der Waals surface area contributed by atoms with Gasteiger partial charge < -0.3 is 19.9 Å². The molecule has 9 nitrogen and oxygen atoms in total. The zero-order valence-corrected chi connectivity index (χ0v) is 15.1. The molecule has 0 unspecified atom stereocenters. The Morgan fingerprint density at radius 3 is 2.78 bits per heavy atom. The Labute approximate surface area is 156 Å². The molecule has 0 radical (unpaired) electrons. The minimum Gasteiger partial charge on any atom is -0.493 e. The van der Waals surface area contributed by atoms with Gasteiger partial charge in [-0.05, 0) is 43.9 Å². The van der Waals surface area contributed by atoms with Crippen molar-refractivity contribution < 1.29 is 24.2 Å². The quantitative estimate of drug-likeness (QED) is 0.721. The molecule has 3 rings (SSSR count). The fourth-order valence-electron chi connectivity index (χ4n) is 3.00. The molecule has 144 valence electrons. The number of nitrogens with one attached hydrogen (secondary N) is 1. The van der Waals surface area contributed by atoms with Crippen LogP contribution in [0.5, 0.6) is 11.5 Å². The molecular weight excluding hydrogens is 352 g/mol. The molecule has 0 atom stereocenters. The predicted molar refractivity (Wildman–Crippen MR) is 94.7 cm³/mol. The molecule has 1 aromatic carbocycles. The van der Waals surface area contributed by atoms with Gasteiger partial charge in [0.05, 0.1) is 26.0 Å². The number of aliphatic carboxylic acids is 1. The first-order chi connectivity index (χ1) is 13.0. The summed E-state index contributed by atoms with van der Waals surface area (Å²) in [5.41, 5.74) is 0.904. The van der Waals surface area contributed by atoms with E-state index in [1.807, 2.05) is 0 Å². The number of methoxy groups -OCH3 is 1. The van der Waals surface area contributed by atoms with Crippen LogP contribution >= 0.6 is 0 Å². The normalized spacial score (nSPS) is 14.1. The van der Waals surface area contributed by atoms with Crippen molar-refractivity contribution >= 4 is 11.9 Å². The molecule has 1 heterocycles. The van der Waals surface area contributed by atoms with Crippen molar-refractivity contribution in [3.05, 3.63) is 35.7 Å². The first-order valence-corrected chi connectivity index (χ1v) is 8.79. The minimum absolute atomic E-state index is 0.140. The van der Waals surface area contributed by atoms with Crippen LogP contribution in [0.4, 0.5) is 0 Å². The number of carbonyl (C=O) groups excluding carboxylic acids is 1. The maximum absolute atomic E-state index is 12.4. The molecule has 1 amide bonds. The highest BCUT2D eigenvalue weighted by molar-refractivity contribution is 5.94. The van der Waals surface area contributed by atoms with E-state index >= 15 is 0 Å². The van der Waals surface area contributed by atoms with Gasteiger partial charge in [0.15, 0.2) is 11.5 Å². The summed E-state index contributed by atoms with van der Waals surface area (Å²) in [4.78, 5) is 23.0. The minimum atomic E-state index is -1.01. The number of ether oxygens (including phenoxy) is 2. The van der Waals surface area contributed by atoms with Crippen LogP contribution in [0.25, 0.3) is 0 Å². The number of benzene rings is 1. The van der Waals surface area contributed by atoms with Crippen LogP contribution in [0, 0.1) is 0 Å². The molecule has 0 aliphatic heterocycles. The summed E-state index contributed by atoms with van der Waals surface area (Å²) in [6.45, 7) is -0.137. The maximum Gasteiger partial charge on any atom is 0.325 e. The molecule has 0 spiro atoms. The van der Waals surface area contributed by atoms with E-state index in [2.05, 4.69) is 15.6 Å². The second-order valence-electron chi connectivity index (χ2n) is 6.37. The summed E-state index contributed by atoms with van der Waals surface area (Å²) in [6, 6.07) is 5.07. The zero-order chi connectivity index (χ0) is 19.2. The van der Waals surface area contributed by atoms with Crippen LogP contribution in [0.15, 0.2) is 24.4 Å². The highest BCUT2D eigenvalue weighted by atomic mass is 16.5. The second kappa shape index (κ2) is 8.52. The first-order valence-electron chi connectivity index (χ1n) is 8.79. The van der Waals surface area contributed by atoms with Gasteiger partial charge in [0.1, 0.15) is 12.2 Å². The number of rotatable bonds is 8. The Morgan fingerprint density at radius 1 is 1.30 bits per heavy atom. The van der Waals surface area contributed by atoms with Crippen molar-refractivity contribution in [2.45, 2.75) is 44.9 Å². The van der Waals surface area contributed by atoms with Gasteiger partial charge in [-0.2, -0.15) is 0 Å². The Balaban J connectivity index is 1.60. The first kappa shape index (κ1) is 18.7. The van der Waals surface area contributed by atoms with E-state index < -0.39 is 5.97 Å². The summed E-state index contributed by atoms with van der Waals surface area (Å²) in [5, 5.41) is 19.0. The van der Waals surface area contributed by atoms with Crippen molar-refractivity contribution in [2.75, 3.05) is 7.11 Å². The van der Waals surface area contributed by atoms with Crippen LogP contribution in [-0.2, 0) is 17.9 Å². The molecule has 1 saturated carbocycles. The summed E-state index contributed by atoms with van der Waals surface area (Å²) < 4.78 is 12.5. The molecule has 2 aromatic rings. The van der Waals surface area contributed by atoms with E-state index in [0.717, 1.165) is 12.8 Å². The van der Waals surface area contributed by atoms with Crippen molar-refractivity contribution in [1.82, 2.24) is 20.3 Å². The fourth-order valence-corrected chi connectivity index (χ4v) is 3.00. The molecule has 1 aromatic heterocycles. The van der Waals surface area contributed by atoms with Gasteiger partial charge in [-0.3, -0.25) is 9.59 Å². The largest absolute Gasteiger partial charge is 0.493 e. The molecule has 27 heavy (non-hydrogen) atoms. The Morgan fingerprint density at radius 2 is 2.07 bits per heavy atom. The Hall–Kier alpha value is -3.10. The average Bonchev–Trinajstić information content (AvgIpc) is 3.31. The third-order valence-electron chi connectivity index (χ3n) is 4.34. The van der Waals surface area contributed by atoms with Crippen LogP contribution in [-0.4, -0.2) is 45.2 Å². The lowest BCUT2D eigenvalue weighted by Crippen LogP contribution is -2.23. The second-order valence-corrected chi connectivity index (χ2v) is 6.37. The summed E-state index contributed by atoms with van der Waals surface area (Å²) in [7, 11) is 1.54. The number of carboxylic acids is 1. The SMILES string of the molecule is COc1cc(C(=O)NCc2cn(CC(=O)O)nn2)ccc1OC1CCCC1. The Kier molecular flexibility index (Phi) is 5.90. The summed E-state index contributed by atoms with van der Waals surface area (Å²) in [5.74, 6) is -0.157. The van der Waals surface area contributed by atoms with Crippen LogP contribution < -0.4 is 14.8 Å². The van der Waals surface area contributed by atoms with Gasteiger partial charge in [0.2, 0.25) is 0 Å². The molecule has 9 heteroatoms. The molecule has 1 fully saturated rings. The van der Waals surface area contributed by atoms with Gasteiger partial charge in [0.25, 0.3) is 5.91 Å². The van der Waals surface area contributed by atoms with Crippen molar-refractivity contribution in [2.24, 2.45) is 0 Å². The third-order valence-corrected chi connectivity index (χ3v) is 4.34. The van der Waals surface area contributed by atoms with E-state index in [9.17, 15) is 9.59 Å². The number of hydrogen-bond donors (Lipinski definition) is 2. The number of hydrogen-bond acceptors (Lipinski definition) is 6. The van der Waals surface area contributed by atoms with Gasteiger partial charge in [0, 0.05) is 5.56 Å². The molecular formula is C18H22N4O5. The van der Waals surface area contributed by atoms with E-state index in [4.69, 9.17) is 14.6 Å². The van der Waals surface area contributed by atoms with Crippen LogP contribution in [0.2, 0.25) is 0 Å². The molecule has 2 N–H and O–H groups in total. The van der Waals surface area contributed by atoms with E-state index in [1.54, 1.807) is 25.3 Å². The number of carboxylic acid groups (broad SMARTS) is 1. The Bertz CT molecular complexity index is 814. The highest BCUT2D eigenvalue weighted by Crippen LogP contribution is 2.32. The lowest BCUT2D eigenvalue weighted by Gasteiger charge is -2.16. The summed E-state index contributed by atoms with van der Waals surface area (Å²) in [6.07, 6.45) is 6.09. The zero-order valence-electron chi connectivity index (χ0n) is 15.1.